The van der Waals surface area contributed by atoms with Crippen LogP contribution in [0.15, 0.2) is 0 Å². The van der Waals surface area contributed by atoms with Gasteiger partial charge < -0.3 is 10.1 Å². The lowest BCUT2D eigenvalue weighted by atomic mass is 9.78. The Morgan fingerprint density at radius 3 is 2.53 bits per heavy atom. The summed E-state index contributed by atoms with van der Waals surface area (Å²) in [5.74, 6) is 1.32. The Morgan fingerprint density at radius 2 is 1.94 bits per heavy atom. The van der Waals surface area contributed by atoms with E-state index in [0.717, 1.165) is 18.4 Å². The fraction of sp³-hybridized carbons (Fsp3) is 0.929. The molecular formula is C14H27NO2. The summed E-state index contributed by atoms with van der Waals surface area (Å²) >= 11 is 0. The zero-order chi connectivity index (χ0) is 12.8. The lowest BCUT2D eigenvalue weighted by molar-refractivity contribution is -0.144. The summed E-state index contributed by atoms with van der Waals surface area (Å²) in [6.45, 7) is 7.26. The number of methoxy groups -OCH3 is 1. The average Bonchev–Trinajstić information content (AvgIpc) is 2.35. The maximum Gasteiger partial charge on any atom is 0.309 e. The van der Waals surface area contributed by atoms with Crippen LogP contribution in [0.5, 0.6) is 0 Å². The Balaban J connectivity index is 2.40. The van der Waals surface area contributed by atoms with E-state index in [4.69, 9.17) is 4.74 Å². The van der Waals surface area contributed by atoms with Crippen LogP contribution in [-0.4, -0.2) is 25.7 Å². The first-order valence-electron chi connectivity index (χ1n) is 6.87. The van der Waals surface area contributed by atoms with Gasteiger partial charge in [-0.3, -0.25) is 4.79 Å². The largest absolute Gasteiger partial charge is 0.469 e. The number of esters is 1. The van der Waals surface area contributed by atoms with Crippen LogP contribution in [0.25, 0.3) is 0 Å². The second-order valence-corrected chi connectivity index (χ2v) is 5.63. The minimum atomic E-state index is -0.116. The summed E-state index contributed by atoms with van der Waals surface area (Å²) in [6.07, 6.45) is 5.24. The molecule has 1 aliphatic carbocycles. The summed E-state index contributed by atoms with van der Waals surface area (Å²) in [6, 6.07) is 0.579. The molecule has 1 saturated carbocycles. The molecule has 0 radical (unpaired) electrons. The van der Waals surface area contributed by atoms with E-state index >= 15 is 0 Å². The molecule has 0 aliphatic heterocycles. The first kappa shape index (κ1) is 14.5. The molecule has 1 fully saturated rings. The predicted molar refractivity (Wildman–Crippen MR) is 69.8 cm³/mol. The van der Waals surface area contributed by atoms with Crippen molar-refractivity contribution in [2.45, 2.75) is 52.5 Å². The van der Waals surface area contributed by atoms with Gasteiger partial charge >= 0.3 is 5.97 Å². The Kier molecular flexibility index (Phi) is 5.96. The molecule has 0 aromatic carbocycles. The maximum atomic E-state index is 11.3. The van der Waals surface area contributed by atoms with Crippen molar-refractivity contribution in [1.82, 2.24) is 5.32 Å². The van der Waals surface area contributed by atoms with Gasteiger partial charge in [-0.1, -0.05) is 33.6 Å². The van der Waals surface area contributed by atoms with Crippen LogP contribution in [-0.2, 0) is 9.53 Å². The third kappa shape index (κ3) is 4.30. The third-order valence-electron chi connectivity index (χ3n) is 3.97. The van der Waals surface area contributed by atoms with E-state index in [1.54, 1.807) is 0 Å². The van der Waals surface area contributed by atoms with Gasteiger partial charge in [-0.15, -0.1) is 0 Å². The molecule has 0 spiro atoms. The van der Waals surface area contributed by atoms with Crippen LogP contribution >= 0.6 is 0 Å². The van der Waals surface area contributed by atoms with Crippen molar-refractivity contribution >= 4 is 5.97 Å². The van der Waals surface area contributed by atoms with Gasteiger partial charge in [-0.05, 0) is 24.7 Å². The van der Waals surface area contributed by atoms with Crippen molar-refractivity contribution in [3.63, 3.8) is 0 Å². The number of hydrogen-bond acceptors (Lipinski definition) is 3. The fourth-order valence-corrected chi connectivity index (χ4v) is 2.82. The summed E-state index contributed by atoms with van der Waals surface area (Å²) in [5.41, 5.74) is 0. The molecule has 1 aliphatic rings. The Bertz CT molecular complexity index is 240. The molecule has 1 rings (SSSR count). The van der Waals surface area contributed by atoms with Crippen molar-refractivity contribution in [2.75, 3.05) is 13.7 Å². The minimum absolute atomic E-state index is 0.0465. The number of nitrogens with one attached hydrogen (secondary N) is 1. The Hall–Kier alpha value is -0.570. The first-order chi connectivity index (χ1) is 8.06. The Labute approximate surface area is 105 Å². The molecule has 3 unspecified atom stereocenters. The van der Waals surface area contributed by atoms with Crippen molar-refractivity contribution in [3.05, 3.63) is 0 Å². The normalized spacial score (nSPS) is 26.9. The highest BCUT2D eigenvalue weighted by atomic mass is 16.5. The van der Waals surface area contributed by atoms with Crippen LogP contribution in [0, 0.1) is 17.8 Å². The lowest BCUT2D eigenvalue weighted by Gasteiger charge is -2.35. The summed E-state index contributed by atoms with van der Waals surface area (Å²) in [5, 5.41) is 3.57. The molecule has 0 aromatic rings. The summed E-state index contributed by atoms with van der Waals surface area (Å²) in [4.78, 5) is 11.3. The van der Waals surface area contributed by atoms with Crippen molar-refractivity contribution in [1.29, 1.82) is 0 Å². The molecule has 1 N–H and O–H groups in total. The van der Waals surface area contributed by atoms with Gasteiger partial charge in [0.2, 0.25) is 0 Å². The molecule has 3 atom stereocenters. The fourth-order valence-electron chi connectivity index (χ4n) is 2.82. The molecule has 17 heavy (non-hydrogen) atoms. The second-order valence-electron chi connectivity index (χ2n) is 5.63. The molecular weight excluding hydrogens is 214 g/mol. The minimum Gasteiger partial charge on any atom is -0.469 e. The molecule has 0 saturated heterocycles. The van der Waals surface area contributed by atoms with E-state index in [1.165, 1.54) is 32.8 Å². The number of carbonyl (C=O) groups excluding carboxylic acids is 1. The van der Waals surface area contributed by atoms with E-state index in [2.05, 4.69) is 19.2 Å². The predicted octanol–water partition coefficient (Wildman–Crippen LogP) is 2.60. The van der Waals surface area contributed by atoms with E-state index < -0.39 is 0 Å². The monoisotopic (exact) mass is 241 g/mol. The standard InChI is InChI=1S/C14H27NO2/c1-10(2)12-7-5-6-8-13(12)15-9-11(3)14(16)17-4/h10-13,15H,5-9H2,1-4H3. The number of rotatable bonds is 5. The van der Waals surface area contributed by atoms with Gasteiger partial charge in [0.05, 0.1) is 13.0 Å². The quantitative estimate of drug-likeness (QED) is 0.752. The zero-order valence-corrected chi connectivity index (χ0v) is 11.7. The van der Waals surface area contributed by atoms with Crippen molar-refractivity contribution in [2.24, 2.45) is 17.8 Å². The first-order valence-corrected chi connectivity index (χ1v) is 6.87. The van der Waals surface area contributed by atoms with E-state index in [1.807, 2.05) is 6.92 Å². The van der Waals surface area contributed by atoms with Gasteiger partial charge in [0, 0.05) is 12.6 Å². The lowest BCUT2D eigenvalue weighted by Crippen LogP contribution is -2.43. The van der Waals surface area contributed by atoms with Gasteiger partial charge in [-0.25, -0.2) is 0 Å². The SMILES string of the molecule is COC(=O)C(C)CNC1CCCCC1C(C)C. The molecule has 100 valence electrons. The average molecular weight is 241 g/mol. The highest BCUT2D eigenvalue weighted by molar-refractivity contribution is 5.72. The van der Waals surface area contributed by atoms with Crippen molar-refractivity contribution < 1.29 is 9.53 Å². The maximum absolute atomic E-state index is 11.3. The molecule has 3 nitrogen and oxygen atoms in total. The van der Waals surface area contributed by atoms with Gasteiger partial charge in [0.25, 0.3) is 0 Å². The van der Waals surface area contributed by atoms with Gasteiger partial charge in [0.15, 0.2) is 0 Å². The molecule has 0 heterocycles. The van der Waals surface area contributed by atoms with Crippen LogP contribution in [0.2, 0.25) is 0 Å². The van der Waals surface area contributed by atoms with Crippen LogP contribution in [0.4, 0.5) is 0 Å². The second kappa shape index (κ2) is 7.00. The number of hydrogen-bond donors (Lipinski definition) is 1. The summed E-state index contributed by atoms with van der Waals surface area (Å²) < 4.78 is 4.75. The number of ether oxygens (including phenoxy) is 1. The van der Waals surface area contributed by atoms with Crippen LogP contribution in [0.1, 0.15) is 46.5 Å². The van der Waals surface area contributed by atoms with E-state index in [0.29, 0.717) is 6.04 Å². The molecule has 3 heteroatoms. The van der Waals surface area contributed by atoms with Gasteiger partial charge in [0.1, 0.15) is 0 Å². The van der Waals surface area contributed by atoms with Gasteiger partial charge in [-0.2, -0.15) is 0 Å². The number of carbonyl (C=O) groups is 1. The van der Waals surface area contributed by atoms with Crippen molar-refractivity contribution in [3.8, 4) is 0 Å². The zero-order valence-electron chi connectivity index (χ0n) is 11.7. The molecule has 0 bridgehead atoms. The third-order valence-corrected chi connectivity index (χ3v) is 3.97. The Morgan fingerprint density at radius 1 is 1.29 bits per heavy atom. The molecule has 0 aromatic heterocycles. The highest BCUT2D eigenvalue weighted by Gasteiger charge is 2.27. The van der Waals surface area contributed by atoms with Crippen LogP contribution in [0.3, 0.4) is 0 Å². The molecule has 0 amide bonds. The van der Waals surface area contributed by atoms with Crippen LogP contribution < -0.4 is 5.32 Å². The summed E-state index contributed by atoms with van der Waals surface area (Å²) in [7, 11) is 1.45. The topological polar surface area (TPSA) is 38.3 Å². The highest BCUT2D eigenvalue weighted by Crippen LogP contribution is 2.30. The van der Waals surface area contributed by atoms with E-state index in [9.17, 15) is 4.79 Å². The van der Waals surface area contributed by atoms with E-state index in [-0.39, 0.29) is 11.9 Å². The smallest absolute Gasteiger partial charge is 0.309 e.